The monoisotopic (exact) mass is 323 g/mol. The predicted octanol–water partition coefficient (Wildman–Crippen LogP) is 2.80. The number of carbonyl (C=O) groups excluding carboxylic acids is 3. The van der Waals surface area contributed by atoms with E-state index >= 15 is 0 Å². The highest BCUT2D eigenvalue weighted by Crippen LogP contribution is 2.22. The zero-order chi connectivity index (χ0) is 15.9. The standard InChI is InChI=1S/C16H21NO4S/c1-11(18)13-7-8-14(22-13)16(20)21-10-15(19)17-9-12-5-3-2-4-6-12/h7-8,12H,2-6,9-10H2,1H3,(H,17,19). The summed E-state index contributed by atoms with van der Waals surface area (Å²) < 4.78 is 4.97. The molecule has 1 heterocycles. The lowest BCUT2D eigenvalue weighted by atomic mass is 9.89. The van der Waals surface area contributed by atoms with Crippen molar-refractivity contribution in [1.29, 1.82) is 0 Å². The highest BCUT2D eigenvalue weighted by atomic mass is 32.1. The van der Waals surface area contributed by atoms with E-state index in [4.69, 9.17) is 4.74 Å². The zero-order valence-corrected chi connectivity index (χ0v) is 13.5. The number of amides is 1. The number of ether oxygens (including phenoxy) is 1. The van der Waals surface area contributed by atoms with Crippen LogP contribution in [-0.4, -0.2) is 30.8 Å². The smallest absolute Gasteiger partial charge is 0.348 e. The predicted molar refractivity (Wildman–Crippen MR) is 84.2 cm³/mol. The molecule has 0 bridgehead atoms. The van der Waals surface area contributed by atoms with Crippen molar-refractivity contribution < 1.29 is 19.1 Å². The highest BCUT2D eigenvalue weighted by molar-refractivity contribution is 7.15. The number of ketones is 1. The SMILES string of the molecule is CC(=O)c1ccc(C(=O)OCC(=O)NCC2CCCCC2)s1. The molecule has 5 nitrogen and oxygen atoms in total. The van der Waals surface area contributed by atoms with E-state index in [1.807, 2.05) is 0 Å². The van der Waals surface area contributed by atoms with E-state index in [2.05, 4.69) is 5.32 Å². The Bertz CT molecular complexity index is 546. The van der Waals surface area contributed by atoms with Gasteiger partial charge >= 0.3 is 5.97 Å². The number of carbonyl (C=O) groups is 3. The average molecular weight is 323 g/mol. The van der Waals surface area contributed by atoms with Gasteiger partial charge in [-0.05, 0) is 37.8 Å². The van der Waals surface area contributed by atoms with Gasteiger partial charge < -0.3 is 10.1 Å². The van der Waals surface area contributed by atoms with Crippen LogP contribution in [0.1, 0.15) is 58.4 Å². The summed E-state index contributed by atoms with van der Waals surface area (Å²) in [6.45, 7) is 1.82. The maximum atomic E-state index is 11.8. The van der Waals surface area contributed by atoms with E-state index in [9.17, 15) is 14.4 Å². The van der Waals surface area contributed by atoms with Crippen LogP contribution in [0, 0.1) is 5.92 Å². The fourth-order valence-electron chi connectivity index (χ4n) is 2.54. The summed E-state index contributed by atoms with van der Waals surface area (Å²) in [4.78, 5) is 35.5. The molecule has 1 aromatic rings. The van der Waals surface area contributed by atoms with Gasteiger partial charge in [-0.1, -0.05) is 19.3 Å². The molecule has 0 spiro atoms. The number of hydrogen-bond acceptors (Lipinski definition) is 5. The van der Waals surface area contributed by atoms with Gasteiger partial charge in [0.15, 0.2) is 12.4 Å². The van der Waals surface area contributed by atoms with Crippen molar-refractivity contribution in [3.8, 4) is 0 Å². The number of esters is 1. The molecule has 1 saturated carbocycles. The summed E-state index contributed by atoms with van der Waals surface area (Å²) in [6.07, 6.45) is 6.05. The van der Waals surface area contributed by atoms with Gasteiger partial charge in [-0.3, -0.25) is 9.59 Å². The quantitative estimate of drug-likeness (QED) is 0.645. The van der Waals surface area contributed by atoms with Gasteiger partial charge in [0.1, 0.15) is 4.88 Å². The number of thiophene rings is 1. The number of Topliss-reactive ketones (excluding diaryl/α,β-unsaturated/α-hetero) is 1. The number of rotatable bonds is 6. The minimum atomic E-state index is -0.565. The van der Waals surface area contributed by atoms with Crippen molar-refractivity contribution in [3.05, 3.63) is 21.9 Å². The fraction of sp³-hybridized carbons (Fsp3) is 0.562. The maximum absolute atomic E-state index is 11.8. The Labute approximate surface area is 134 Å². The third kappa shape index (κ3) is 4.94. The van der Waals surface area contributed by atoms with Crippen molar-refractivity contribution in [3.63, 3.8) is 0 Å². The molecule has 1 aliphatic carbocycles. The molecule has 0 unspecified atom stereocenters. The molecular weight excluding hydrogens is 302 g/mol. The zero-order valence-electron chi connectivity index (χ0n) is 12.7. The molecule has 1 aromatic heterocycles. The second-order valence-corrected chi connectivity index (χ2v) is 6.69. The lowest BCUT2D eigenvalue weighted by Gasteiger charge is -2.21. The molecule has 0 saturated heterocycles. The number of nitrogens with one attached hydrogen (secondary N) is 1. The van der Waals surface area contributed by atoms with Crippen LogP contribution < -0.4 is 5.32 Å². The summed E-state index contributed by atoms with van der Waals surface area (Å²) in [6, 6.07) is 3.14. The first-order chi connectivity index (χ1) is 10.6. The summed E-state index contributed by atoms with van der Waals surface area (Å²) in [7, 11) is 0. The van der Waals surface area contributed by atoms with Gasteiger partial charge in [0.05, 0.1) is 4.88 Å². The molecule has 1 aliphatic rings. The van der Waals surface area contributed by atoms with E-state index in [0.717, 1.165) is 24.2 Å². The molecule has 0 atom stereocenters. The highest BCUT2D eigenvalue weighted by Gasteiger charge is 2.16. The molecule has 0 aliphatic heterocycles. The van der Waals surface area contributed by atoms with Gasteiger partial charge in [-0.2, -0.15) is 0 Å². The second kappa shape index (κ2) is 8.08. The molecule has 22 heavy (non-hydrogen) atoms. The minimum Gasteiger partial charge on any atom is -0.451 e. The third-order valence-electron chi connectivity index (χ3n) is 3.80. The van der Waals surface area contributed by atoms with E-state index in [-0.39, 0.29) is 18.3 Å². The van der Waals surface area contributed by atoms with Crippen LogP contribution in [0.2, 0.25) is 0 Å². The van der Waals surface area contributed by atoms with Gasteiger partial charge in [0, 0.05) is 6.54 Å². The topological polar surface area (TPSA) is 72.5 Å². The normalized spacial score (nSPS) is 15.3. The van der Waals surface area contributed by atoms with E-state index in [1.54, 1.807) is 12.1 Å². The van der Waals surface area contributed by atoms with Gasteiger partial charge in [0.25, 0.3) is 5.91 Å². The average Bonchev–Trinajstić information content (AvgIpc) is 3.02. The number of hydrogen-bond donors (Lipinski definition) is 1. The summed E-state index contributed by atoms with van der Waals surface area (Å²) in [5.74, 6) is -0.384. The van der Waals surface area contributed by atoms with Gasteiger partial charge in [-0.15, -0.1) is 11.3 Å². The Morgan fingerprint density at radius 3 is 2.50 bits per heavy atom. The molecule has 6 heteroatoms. The van der Waals surface area contributed by atoms with Crippen LogP contribution in [0.15, 0.2) is 12.1 Å². The fourth-order valence-corrected chi connectivity index (χ4v) is 3.33. The Morgan fingerprint density at radius 2 is 1.86 bits per heavy atom. The van der Waals surface area contributed by atoms with E-state index in [0.29, 0.717) is 22.2 Å². The van der Waals surface area contributed by atoms with Crippen molar-refractivity contribution in [2.24, 2.45) is 5.92 Å². The first-order valence-electron chi connectivity index (χ1n) is 7.61. The Hall–Kier alpha value is -1.69. The molecule has 1 N–H and O–H groups in total. The van der Waals surface area contributed by atoms with Crippen molar-refractivity contribution in [2.75, 3.05) is 13.2 Å². The Kier molecular flexibility index (Phi) is 6.12. The lowest BCUT2D eigenvalue weighted by Crippen LogP contribution is -2.33. The lowest BCUT2D eigenvalue weighted by molar-refractivity contribution is -0.124. The van der Waals surface area contributed by atoms with Crippen LogP contribution in [0.5, 0.6) is 0 Å². The molecule has 0 aromatic carbocycles. The Balaban J connectivity index is 1.70. The maximum Gasteiger partial charge on any atom is 0.348 e. The van der Waals surface area contributed by atoms with Crippen LogP contribution in [0.3, 0.4) is 0 Å². The molecule has 1 fully saturated rings. The molecule has 1 amide bonds. The summed E-state index contributed by atoms with van der Waals surface area (Å²) >= 11 is 1.08. The molecule has 0 radical (unpaired) electrons. The van der Waals surface area contributed by atoms with Crippen molar-refractivity contribution in [2.45, 2.75) is 39.0 Å². The van der Waals surface area contributed by atoms with E-state index < -0.39 is 5.97 Å². The van der Waals surface area contributed by atoms with Crippen LogP contribution in [0.25, 0.3) is 0 Å². The first kappa shape index (κ1) is 16.7. The molecule has 2 rings (SSSR count). The minimum absolute atomic E-state index is 0.0886. The summed E-state index contributed by atoms with van der Waals surface area (Å²) in [5, 5.41) is 2.82. The van der Waals surface area contributed by atoms with Crippen molar-refractivity contribution in [1.82, 2.24) is 5.32 Å². The first-order valence-corrected chi connectivity index (χ1v) is 8.42. The molecule has 120 valence electrons. The summed E-state index contributed by atoms with van der Waals surface area (Å²) in [5.41, 5.74) is 0. The van der Waals surface area contributed by atoms with Crippen LogP contribution in [0.4, 0.5) is 0 Å². The second-order valence-electron chi connectivity index (χ2n) is 5.60. The van der Waals surface area contributed by atoms with Gasteiger partial charge in [0.2, 0.25) is 0 Å². The van der Waals surface area contributed by atoms with E-state index in [1.165, 1.54) is 26.2 Å². The van der Waals surface area contributed by atoms with Crippen LogP contribution >= 0.6 is 11.3 Å². The van der Waals surface area contributed by atoms with Crippen LogP contribution in [-0.2, 0) is 9.53 Å². The van der Waals surface area contributed by atoms with Gasteiger partial charge in [-0.25, -0.2) is 4.79 Å². The Morgan fingerprint density at radius 1 is 1.18 bits per heavy atom. The third-order valence-corrected chi connectivity index (χ3v) is 4.97. The van der Waals surface area contributed by atoms with Crippen molar-refractivity contribution >= 4 is 29.0 Å². The largest absolute Gasteiger partial charge is 0.451 e. The molecular formula is C16H21NO4S.